The molecule has 0 amide bonds. The van der Waals surface area contributed by atoms with Crippen LogP contribution in [0.1, 0.15) is 25.4 Å². The molecule has 1 rings (SSSR count). The Kier molecular flexibility index (Phi) is 3.85. The summed E-state index contributed by atoms with van der Waals surface area (Å²) in [4.78, 5) is 0. The van der Waals surface area contributed by atoms with Gasteiger partial charge in [-0.25, -0.2) is 0 Å². The maximum absolute atomic E-state index is 12.2. The molecule has 0 nitrogen and oxygen atoms in total. The van der Waals surface area contributed by atoms with E-state index in [9.17, 15) is 13.2 Å². The van der Waals surface area contributed by atoms with Gasteiger partial charge in [0.15, 0.2) is 0 Å². The minimum absolute atomic E-state index is 0. The molecule has 0 aliphatic rings. The summed E-state index contributed by atoms with van der Waals surface area (Å²) in [6.45, 7) is 2.02. The fourth-order valence-electron chi connectivity index (χ4n) is 1.11. The average Bonchev–Trinajstić information content (AvgIpc) is 2.15. The van der Waals surface area contributed by atoms with Gasteiger partial charge in [0, 0.05) is 0 Å². The second-order valence-corrected chi connectivity index (χ2v) is 4.25. The molecule has 4 heteroatoms. The smallest absolute Gasteiger partial charge is 1.00 e. The Morgan fingerprint density at radius 3 is 2.14 bits per heavy atom. The molecule has 0 N–H and O–H groups in total. The van der Waals surface area contributed by atoms with Crippen LogP contribution in [-0.4, -0.2) is 22.3 Å². The van der Waals surface area contributed by atoms with Gasteiger partial charge in [-0.2, -0.15) is 0 Å². The Bertz CT molecular complexity index is 295. The minimum Gasteiger partial charge on any atom is 1.00 e. The van der Waals surface area contributed by atoms with E-state index < -0.39 is 11.7 Å². The molecule has 0 aliphatic carbocycles. The Balaban J connectivity index is 0.00000196. The quantitative estimate of drug-likeness (QED) is 0.735. The van der Waals surface area contributed by atoms with Crippen LogP contribution in [-0.2, 0) is 6.18 Å². The third kappa shape index (κ3) is 2.90. The summed E-state index contributed by atoms with van der Waals surface area (Å²) >= 11 is 1.68. The van der Waals surface area contributed by atoms with E-state index >= 15 is 0 Å². The molecule has 0 heterocycles. The molecular weight excluding hydrogens is 305 g/mol. The predicted octanol–water partition coefficient (Wildman–Crippen LogP) is 3.24. The van der Waals surface area contributed by atoms with Crippen LogP contribution in [0, 0.1) is 0 Å². The van der Waals surface area contributed by atoms with Crippen LogP contribution >= 0.6 is 0 Å². The van der Waals surface area contributed by atoms with Gasteiger partial charge < -0.3 is 0 Å². The number of benzene rings is 1. The number of hydrogen-bond acceptors (Lipinski definition) is 0. The van der Waals surface area contributed by atoms with Crippen LogP contribution in [0.5, 0.6) is 0 Å². The van der Waals surface area contributed by atoms with Crippen molar-refractivity contribution in [3.8, 4) is 0 Å². The molecule has 14 heavy (non-hydrogen) atoms. The molecule has 0 saturated heterocycles. The molecular formula is C10H12F3Te+. The van der Waals surface area contributed by atoms with Crippen LogP contribution in [0.3, 0.4) is 0 Å². The Morgan fingerprint density at radius 1 is 1.29 bits per heavy atom. The van der Waals surface area contributed by atoms with E-state index in [1.807, 2.05) is 6.92 Å². The summed E-state index contributed by atoms with van der Waals surface area (Å²) < 4.78 is 37.6. The summed E-state index contributed by atoms with van der Waals surface area (Å²) in [6, 6.07) is 5.41. The van der Waals surface area contributed by atoms with Crippen LogP contribution in [0.2, 0.25) is 4.47 Å². The summed E-state index contributed by atoms with van der Waals surface area (Å²) in [5.41, 5.74) is 0.396. The first-order valence-electron chi connectivity index (χ1n) is 4.23. The van der Waals surface area contributed by atoms with Crippen LogP contribution < -0.4 is 0 Å². The number of halogens is 3. The molecule has 1 unspecified atom stereocenters. The van der Waals surface area contributed by atoms with Crippen molar-refractivity contribution >= 4 is 22.3 Å². The third-order valence-corrected chi connectivity index (χ3v) is 3.64. The first kappa shape index (κ1) is 11.9. The fourth-order valence-corrected chi connectivity index (χ4v) is 1.71. The van der Waals surface area contributed by atoms with Crippen molar-refractivity contribution in [1.29, 1.82) is 0 Å². The van der Waals surface area contributed by atoms with E-state index in [-0.39, 0.29) is 1.43 Å². The maximum Gasteiger partial charge on any atom is 1.00 e. The van der Waals surface area contributed by atoms with Crippen molar-refractivity contribution in [3.05, 3.63) is 35.4 Å². The molecule has 1 aromatic rings. The van der Waals surface area contributed by atoms with Gasteiger partial charge in [-0.3, -0.25) is 0 Å². The topological polar surface area (TPSA) is 0 Å². The zero-order chi connectivity index (χ0) is 10.8. The minimum atomic E-state index is -4.23. The molecule has 0 saturated carbocycles. The van der Waals surface area contributed by atoms with E-state index in [0.717, 1.165) is 22.2 Å². The van der Waals surface area contributed by atoms with E-state index in [1.54, 1.807) is 34.4 Å². The Hall–Kier alpha value is -0.200. The molecule has 0 aromatic heterocycles. The van der Waals surface area contributed by atoms with Gasteiger partial charge in [0.1, 0.15) is 0 Å². The van der Waals surface area contributed by atoms with Crippen molar-refractivity contribution in [3.63, 3.8) is 0 Å². The largest absolute Gasteiger partial charge is 1.00 e. The van der Waals surface area contributed by atoms with Gasteiger partial charge >= 0.3 is 95.8 Å². The number of hydrogen-bond donors (Lipinski definition) is 0. The Labute approximate surface area is 95.9 Å². The van der Waals surface area contributed by atoms with Crippen LogP contribution in [0.4, 0.5) is 13.2 Å². The first-order chi connectivity index (χ1) is 6.45. The van der Waals surface area contributed by atoms with Crippen LogP contribution in [0.15, 0.2) is 24.3 Å². The third-order valence-electron chi connectivity index (χ3n) is 2.08. The number of alkyl halides is 3. The predicted molar refractivity (Wildman–Crippen MR) is 52.9 cm³/mol. The van der Waals surface area contributed by atoms with Crippen molar-refractivity contribution in [1.82, 2.24) is 0 Å². The van der Waals surface area contributed by atoms with Gasteiger partial charge in [-0.15, -0.1) is 0 Å². The standard InChI is InChI=1S/C10H11F3Te/c1-7(6-14)8-2-4-9(5-3-8)10(11,12)13/h2-5,7,14H,6H2,1H3/p+1. The van der Waals surface area contributed by atoms with E-state index in [1.165, 1.54) is 0 Å². The molecule has 0 bridgehead atoms. The SMILES string of the molecule is CC(C[TeH])c1ccc(C(F)(F)F)cc1.[H+]. The second-order valence-electron chi connectivity index (χ2n) is 3.20. The van der Waals surface area contributed by atoms with Crippen LogP contribution in [0.25, 0.3) is 0 Å². The van der Waals surface area contributed by atoms with Gasteiger partial charge in [0.2, 0.25) is 0 Å². The van der Waals surface area contributed by atoms with Crippen molar-refractivity contribution in [2.24, 2.45) is 0 Å². The van der Waals surface area contributed by atoms with E-state index in [2.05, 4.69) is 0 Å². The average molecular weight is 317 g/mol. The molecule has 0 radical (unpaired) electrons. The molecule has 0 spiro atoms. The number of rotatable bonds is 2. The summed E-state index contributed by atoms with van der Waals surface area (Å²) in [5, 5.41) is 0. The molecule has 0 fully saturated rings. The molecule has 1 atom stereocenters. The molecule has 0 aliphatic heterocycles. The van der Waals surface area contributed by atoms with Crippen molar-refractivity contribution < 1.29 is 14.6 Å². The molecule has 78 valence electrons. The van der Waals surface area contributed by atoms with Gasteiger partial charge in [-0.1, -0.05) is 0 Å². The van der Waals surface area contributed by atoms with E-state index in [0.29, 0.717) is 5.92 Å². The molecule has 1 aromatic carbocycles. The first-order valence-corrected chi connectivity index (χ1v) is 6.03. The summed E-state index contributed by atoms with van der Waals surface area (Å²) in [6.07, 6.45) is -4.23. The van der Waals surface area contributed by atoms with Gasteiger partial charge in [-0.05, 0) is 0 Å². The van der Waals surface area contributed by atoms with Crippen molar-refractivity contribution in [2.75, 3.05) is 0 Å². The summed E-state index contributed by atoms with van der Waals surface area (Å²) in [5.74, 6) is 0.339. The summed E-state index contributed by atoms with van der Waals surface area (Å²) in [7, 11) is 0. The van der Waals surface area contributed by atoms with E-state index in [4.69, 9.17) is 0 Å². The zero-order valence-corrected chi connectivity index (χ0v) is 10.2. The normalized spacial score (nSPS) is 14.1. The second kappa shape index (κ2) is 4.55. The van der Waals surface area contributed by atoms with Gasteiger partial charge in [0.05, 0.1) is 0 Å². The monoisotopic (exact) mass is 319 g/mol. The van der Waals surface area contributed by atoms with Gasteiger partial charge in [0.25, 0.3) is 0 Å². The zero-order valence-electron chi connectivity index (χ0n) is 8.67. The van der Waals surface area contributed by atoms with Crippen molar-refractivity contribution in [2.45, 2.75) is 23.5 Å². The Morgan fingerprint density at radius 2 is 1.79 bits per heavy atom. The maximum atomic E-state index is 12.2. The fraction of sp³-hybridized carbons (Fsp3) is 0.400.